The number of furan rings is 1. The lowest BCUT2D eigenvalue weighted by Crippen LogP contribution is -2.21. The van der Waals surface area contributed by atoms with Gasteiger partial charge in [-0.2, -0.15) is 0 Å². The van der Waals surface area contributed by atoms with Gasteiger partial charge in [-0.05, 0) is 42.7 Å². The molecule has 0 saturated carbocycles. The van der Waals surface area contributed by atoms with Crippen LogP contribution in [0.1, 0.15) is 11.5 Å². The molecule has 1 N–H and O–H groups in total. The van der Waals surface area contributed by atoms with Gasteiger partial charge >= 0.3 is 0 Å². The zero-order chi connectivity index (χ0) is 12.7. The van der Waals surface area contributed by atoms with E-state index >= 15 is 0 Å². The van der Waals surface area contributed by atoms with Gasteiger partial charge in [-0.3, -0.25) is 9.36 Å². The van der Waals surface area contributed by atoms with Gasteiger partial charge in [-0.15, -0.1) is 11.3 Å². The lowest BCUT2D eigenvalue weighted by Gasteiger charge is -2.03. The highest BCUT2D eigenvalue weighted by Crippen LogP contribution is 2.15. The van der Waals surface area contributed by atoms with Crippen LogP contribution in [0.25, 0.3) is 10.2 Å². The third-order valence-electron chi connectivity index (χ3n) is 2.70. The topological polar surface area (TPSA) is 50.9 Å². The van der Waals surface area contributed by atoms with Crippen molar-refractivity contribution < 1.29 is 4.42 Å². The quantitative estimate of drug-likeness (QED) is 0.733. The summed E-state index contributed by atoms with van der Waals surface area (Å²) in [7, 11) is 0. The van der Waals surface area contributed by atoms with Crippen molar-refractivity contribution in [1.82, 2.24) is 9.55 Å². The van der Waals surface area contributed by atoms with E-state index in [-0.39, 0.29) is 5.56 Å². The minimum Gasteiger partial charge on any atom is -0.464 e. The van der Waals surface area contributed by atoms with Crippen LogP contribution in [0.5, 0.6) is 0 Å². The first-order valence-corrected chi connectivity index (χ1v) is 6.69. The smallest absolute Gasteiger partial charge is 0.272 e. The Morgan fingerprint density at radius 2 is 2.28 bits per heavy atom. The van der Waals surface area contributed by atoms with Crippen LogP contribution in [0, 0.1) is 11.7 Å². The van der Waals surface area contributed by atoms with E-state index in [1.54, 1.807) is 0 Å². The number of H-pyrrole nitrogens is 1. The first-order valence-electron chi connectivity index (χ1n) is 5.41. The molecule has 0 atom stereocenters. The van der Waals surface area contributed by atoms with E-state index < -0.39 is 0 Å². The third kappa shape index (κ3) is 1.83. The molecule has 0 aromatic carbocycles. The van der Waals surface area contributed by atoms with E-state index in [4.69, 9.17) is 16.6 Å². The third-order valence-corrected chi connectivity index (χ3v) is 3.93. The molecule has 18 heavy (non-hydrogen) atoms. The second-order valence-electron chi connectivity index (χ2n) is 4.00. The molecule has 0 aliphatic heterocycles. The number of aromatic amines is 1. The molecule has 6 heteroatoms. The van der Waals surface area contributed by atoms with Crippen LogP contribution in [0.2, 0.25) is 0 Å². The van der Waals surface area contributed by atoms with Crippen molar-refractivity contribution in [3.05, 3.63) is 50.2 Å². The molecular weight excluding hydrogens is 268 g/mol. The molecule has 0 amide bonds. The minimum atomic E-state index is -0.0715. The number of hydrogen-bond acceptors (Lipinski definition) is 4. The summed E-state index contributed by atoms with van der Waals surface area (Å²) in [5.41, 5.74) is 0.722. The van der Waals surface area contributed by atoms with Crippen LogP contribution in [0.15, 0.2) is 32.8 Å². The van der Waals surface area contributed by atoms with E-state index in [1.807, 2.05) is 30.5 Å². The largest absolute Gasteiger partial charge is 0.464 e. The molecular formula is C12H10N2O2S2. The van der Waals surface area contributed by atoms with Gasteiger partial charge in [-0.25, -0.2) is 0 Å². The molecule has 4 nitrogen and oxygen atoms in total. The summed E-state index contributed by atoms with van der Waals surface area (Å²) in [6, 6.07) is 5.59. The summed E-state index contributed by atoms with van der Waals surface area (Å²) in [5, 5.41) is 1.87. The first-order chi connectivity index (χ1) is 8.65. The van der Waals surface area contributed by atoms with E-state index in [2.05, 4.69) is 4.98 Å². The lowest BCUT2D eigenvalue weighted by molar-refractivity contribution is 0.465. The van der Waals surface area contributed by atoms with Gasteiger partial charge in [0.15, 0.2) is 4.77 Å². The van der Waals surface area contributed by atoms with Crippen LogP contribution in [-0.2, 0) is 6.54 Å². The first kappa shape index (κ1) is 11.4. The summed E-state index contributed by atoms with van der Waals surface area (Å²) in [5.74, 6) is 1.55. The Kier molecular flexibility index (Phi) is 2.68. The lowest BCUT2D eigenvalue weighted by atomic mass is 10.4. The SMILES string of the molecule is Cc1ccc(Cn2c(=S)[nH]c3ccsc3c2=O)o1. The molecule has 0 bridgehead atoms. The Morgan fingerprint density at radius 1 is 1.44 bits per heavy atom. The molecule has 3 heterocycles. The Balaban J connectivity index is 2.17. The summed E-state index contributed by atoms with van der Waals surface area (Å²) in [4.78, 5) is 15.3. The molecule has 92 valence electrons. The summed E-state index contributed by atoms with van der Waals surface area (Å²) < 4.78 is 8.10. The zero-order valence-corrected chi connectivity index (χ0v) is 11.2. The van der Waals surface area contributed by atoms with Crippen molar-refractivity contribution in [2.45, 2.75) is 13.5 Å². The van der Waals surface area contributed by atoms with Crippen molar-refractivity contribution in [2.24, 2.45) is 0 Å². The van der Waals surface area contributed by atoms with Crippen LogP contribution in [0.3, 0.4) is 0 Å². The normalized spacial score (nSPS) is 11.2. The Labute approximate surface area is 112 Å². The second kappa shape index (κ2) is 4.22. The average Bonchev–Trinajstić information content (AvgIpc) is 2.93. The molecule has 0 unspecified atom stereocenters. The van der Waals surface area contributed by atoms with Crippen molar-refractivity contribution in [3.63, 3.8) is 0 Å². The predicted octanol–water partition coefficient (Wildman–Crippen LogP) is 3.07. The van der Waals surface area contributed by atoms with Gasteiger partial charge in [0.1, 0.15) is 16.2 Å². The van der Waals surface area contributed by atoms with E-state index in [0.717, 1.165) is 17.0 Å². The molecule has 0 spiro atoms. The Morgan fingerprint density at radius 3 is 3.00 bits per heavy atom. The van der Waals surface area contributed by atoms with Crippen LogP contribution in [-0.4, -0.2) is 9.55 Å². The molecule has 3 aromatic heterocycles. The monoisotopic (exact) mass is 278 g/mol. The molecule has 0 radical (unpaired) electrons. The maximum atomic E-state index is 12.3. The fraction of sp³-hybridized carbons (Fsp3) is 0.167. The van der Waals surface area contributed by atoms with Crippen LogP contribution >= 0.6 is 23.6 Å². The number of fused-ring (bicyclic) bond motifs is 1. The number of nitrogens with one attached hydrogen (secondary N) is 1. The molecule has 0 aliphatic rings. The highest BCUT2D eigenvalue weighted by molar-refractivity contribution is 7.71. The van der Waals surface area contributed by atoms with E-state index in [9.17, 15) is 4.79 Å². The van der Waals surface area contributed by atoms with Gasteiger partial charge in [0, 0.05) is 0 Å². The van der Waals surface area contributed by atoms with Gasteiger partial charge in [0.05, 0.1) is 12.1 Å². The van der Waals surface area contributed by atoms with Crippen molar-refractivity contribution in [1.29, 1.82) is 0 Å². The minimum absolute atomic E-state index is 0.0715. The van der Waals surface area contributed by atoms with Crippen molar-refractivity contribution in [2.75, 3.05) is 0 Å². The zero-order valence-electron chi connectivity index (χ0n) is 9.60. The average molecular weight is 278 g/mol. The number of thiophene rings is 1. The molecule has 3 rings (SSSR count). The number of aromatic nitrogens is 2. The van der Waals surface area contributed by atoms with Crippen LogP contribution in [0.4, 0.5) is 0 Å². The Bertz CT molecular complexity index is 822. The number of hydrogen-bond donors (Lipinski definition) is 1. The van der Waals surface area contributed by atoms with Gasteiger partial charge in [-0.1, -0.05) is 0 Å². The maximum absolute atomic E-state index is 12.3. The highest BCUT2D eigenvalue weighted by Gasteiger charge is 2.08. The maximum Gasteiger partial charge on any atom is 0.272 e. The van der Waals surface area contributed by atoms with Gasteiger partial charge < -0.3 is 9.40 Å². The number of aryl methyl sites for hydroxylation is 1. The molecule has 3 aromatic rings. The second-order valence-corrected chi connectivity index (χ2v) is 5.30. The fourth-order valence-electron chi connectivity index (χ4n) is 1.84. The van der Waals surface area contributed by atoms with Crippen LogP contribution < -0.4 is 5.56 Å². The van der Waals surface area contributed by atoms with Crippen molar-refractivity contribution >= 4 is 33.8 Å². The van der Waals surface area contributed by atoms with Gasteiger partial charge in [0.2, 0.25) is 0 Å². The predicted molar refractivity (Wildman–Crippen MR) is 73.8 cm³/mol. The molecule has 0 aliphatic carbocycles. The molecule has 0 fully saturated rings. The van der Waals surface area contributed by atoms with E-state index in [0.29, 0.717) is 16.0 Å². The van der Waals surface area contributed by atoms with Gasteiger partial charge in [0.25, 0.3) is 5.56 Å². The number of rotatable bonds is 2. The molecule has 0 saturated heterocycles. The fourth-order valence-corrected chi connectivity index (χ4v) is 2.90. The van der Waals surface area contributed by atoms with E-state index in [1.165, 1.54) is 15.9 Å². The Hall–Kier alpha value is -1.66. The highest BCUT2D eigenvalue weighted by atomic mass is 32.1. The summed E-state index contributed by atoms with van der Waals surface area (Å²) in [6.07, 6.45) is 0. The standard InChI is InChI=1S/C12H10N2O2S2/c1-7-2-3-8(16-7)6-14-11(15)10-9(4-5-18-10)13-12(14)17/h2-5H,6H2,1H3,(H,13,17). The van der Waals surface area contributed by atoms with Crippen molar-refractivity contribution in [3.8, 4) is 0 Å². The number of nitrogens with zero attached hydrogens (tertiary/aromatic N) is 1. The summed E-state index contributed by atoms with van der Waals surface area (Å²) in [6.45, 7) is 2.23. The summed E-state index contributed by atoms with van der Waals surface area (Å²) >= 11 is 6.62.